The van der Waals surface area contributed by atoms with E-state index in [0.717, 1.165) is 12.8 Å². The lowest BCUT2D eigenvalue weighted by atomic mass is 9.82. The maximum Gasteiger partial charge on any atom is 0.358 e. The van der Waals surface area contributed by atoms with Crippen molar-refractivity contribution in [3.63, 3.8) is 0 Å². The van der Waals surface area contributed by atoms with Crippen LogP contribution in [0.3, 0.4) is 0 Å². The third-order valence-corrected chi connectivity index (χ3v) is 8.07. The molecule has 6 atom stereocenters. The van der Waals surface area contributed by atoms with Crippen molar-refractivity contribution in [1.82, 2.24) is 10.3 Å². The fraction of sp³-hybridized carbons (Fsp3) is 0.733. The molecule has 4 rings (SSSR count). The van der Waals surface area contributed by atoms with Crippen LogP contribution < -0.4 is 0 Å². The zero-order valence-corrected chi connectivity index (χ0v) is 26.3. The predicted octanol–water partition coefficient (Wildman–Crippen LogP) is 5.92. The van der Waals surface area contributed by atoms with Crippen molar-refractivity contribution >= 4 is 11.9 Å². The molecule has 0 aromatic carbocycles. The van der Waals surface area contributed by atoms with Gasteiger partial charge in [0.15, 0.2) is 22.9 Å². The molecule has 4 heterocycles. The number of carbonyl (C=O) groups is 2. The van der Waals surface area contributed by atoms with E-state index in [4.69, 9.17) is 38.2 Å². The van der Waals surface area contributed by atoms with Crippen molar-refractivity contribution in [2.24, 2.45) is 10.8 Å². The average molecular weight is 595 g/mol. The highest BCUT2D eigenvalue weighted by atomic mass is 16.5. The van der Waals surface area contributed by atoms with Crippen LogP contribution in [0.5, 0.6) is 0 Å². The maximum absolute atomic E-state index is 11.1. The summed E-state index contributed by atoms with van der Waals surface area (Å²) in [6.45, 7) is 16.1. The molecular formula is C30H46N2O10. The minimum atomic E-state index is -1.09. The van der Waals surface area contributed by atoms with Crippen molar-refractivity contribution in [3.05, 3.63) is 34.0 Å². The molecule has 2 aromatic heterocycles. The van der Waals surface area contributed by atoms with Gasteiger partial charge in [0.25, 0.3) is 0 Å². The molecular weight excluding hydrogens is 548 g/mol. The molecule has 0 aliphatic carbocycles. The molecule has 12 nitrogen and oxygen atoms in total. The van der Waals surface area contributed by atoms with E-state index in [0.29, 0.717) is 35.5 Å². The minimum Gasteiger partial charge on any atom is -0.476 e. The number of hydrogen-bond donors (Lipinski definition) is 2. The number of nitrogens with zero attached hydrogens (tertiary/aromatic N) is 2. The molecule has 0 radical (unpaired) electrons. The summed E-state index contributed by atoms with van der Waals surface area (Å²) >= 11 is 0. The molecule has 2 saturated heterocycles. The van der Waals surface area contributed by atoms with Crippen LogP contribution in [0.25, 0.3) is 0 Å². The minimum absolute atomic E-state index is 0.0129. The molecule has 42 heavy (non-hydrogen) atoms. The summed E-state index contributed by atoms with van der Waals surface area (Å²) in [6, 6.07) is 0. The predicted molar refractivity (Wildman–Crippen MR) is 151 cm³/mol. The van der Waals surface area contributed by atoms with Crippen molar-refractivity contribution < 1.29 is 47.8 Å². The molecule has 0 saturated carbocycles. The Hall–Kier alpha value is -2.80. The van der Waals surface area contributed by atoms with Gasteiger partial charge in [-0.1, -0.05) is 51.9 Å². The van der Waals surface area contributed by atoms with E-state index >= 15 is 0 Å². The van der Waals surface area contributed by atoms with Crippen LogP contribution >= 0.6 is 0 Å². The number of aromatic nitrogens is 2. The lowest BCUT2D eigenvalue weighted by Crippen LogP contribution is -2.40. The highest BCUT2D eigenvalue weighted by Crippen LogP contribution is 2.42. The molecule has 0 unspecified atom stereocenters. The Morgan fingerprint density at radius 1 is 0.690 bits per heavy atom. The summed E-state index contributed by atoms with van der Waals surface area (Å²) < 4.78 is 33.8. The zero-order chi connectivity index (χ0) is 31.6. The van der Waals surface area contributed by atoms with E-state index in [1.54, 1.807) is 28.1 Å². The quantitative estimate of drug-likeness (QED) is 0.406. The van der Waals surface area contributed by atoms with Crippen molar-refractivity contribution in [1.29, 1.82) is 0 Å². The molecule has 2 aliphatic rings. The first kappa shape index (κ1) is 33.7. The first-order chi connectivity index (χ1) is 19.5. The second-order valence-electron chi connectivity index (χ2n) is 13.3. The van der Waals surface area contributed by atoms with Crippen LogP contribution in [-0.4, -0.2) is 71.1 Å². The zero-order valence-electron chi connectivity index (χ0n) is 26.3. The van der Waals surface area contributed by atoms with Crippen LogP contribution in [0.15, 0.2) is 9.05 Å². The maximum atomic E-state index is 11.1. The molecule has 0 bridgehead atoms. The van der Waals surface area contributed by atoms with Gasteiger partial charge >= 0.3 is 11.9 Å². The number of methoxy groups -OCH3 is 2. The second-order valence-corrected chi connectivity index (χ2v) is 13.3. The Morgan fingerprint density at radius 2 is 1.02 bits per heavy atom. The van der Waals surface area contributed by atoms with E-state index < -0.39 is 11.9 Å². The van der Waals surface area contributed by atoms with Crippen LogP contribution in [0.1, 0.15) is 123 Å². The van der Waals surface area contributed by atoms with Gasteiger partial charge in [0.1, 0.15) is 12.2 Å². The van der Waals surface area contributed by atoms with E-state index in [1.807, 2.05) is 0 Å². The van der Waals surface area contributed by atoms with Gasteiger partial charge in [-0.3, -0.25) is 0 Å². The highest BCUT2D eigenvalue weighted by molar-refractivity contribution is 5.87. The lowest BCUT2D eigenvalue weighted by molar-refractivity contribution is -0.150. The normalized spacial score (nSPS) is 26.8. The number of rotatable bonds is 6. The smallest absolute Gasteiger partial charge is 0.358 e. The highest BCUT2D eigenvalue weighted by Gasteiger charge is 2.41. The fourth-order valence-electron chi connectivity index (χ4n) is 5.30. The molecule has 12 heteroatoms. The third-order valence-electron chi connectivity index (χ3n) is 8.07. The van der Waals surface area contributed by atoms with Crippen LogP contribution in [0.4, 0.5) is 0 Å². The summed E-state index contributed by atoms with van der Waals surface area (Å²) in [5.41, 5.74) is 0.882. The van der Waals surface area contributed by atoms with Gasteiger partial charge in [0.05, 0.1) is 24.4 Å². The largest absolute Gasteiger partial charge is 0.476 e. The standard InChI is InChI=1S/2C15H23NO5/c2*1-8-12(14(17)18)16-21-13(8)10-6-9(19-5)7-11(20-10)15(2,3)4/h2*9-11H,6-7H2,1-5H3,(H,17,18)/t2*9-,10+,11-/m10/s1. The number of ether oxygens (including phenoxy) is 4. The number of aromatic carboxylic acids is 2. The Bertz CT molecular complexity index is 1130. The Kier molecular flexibility index (Phi) is 10.6. The molecule has 0 spiro atoms. The fourth-order valence-corrected chi connectivity index (χ4v) is 5.30. The van der Waals surface area contributed by atoms with Gasteiger partial charge < -0.3 is 38.2 Å². The monoisotopic (exact) mass is 594 g/mol. The number of carboxylic acids is 2. The van der Waals surface area contributed by atoms with Crippen molar-refractivity contribution in [2.75, 3.05) is 14.2 Å². The molecule has 2 aliphatic heterocycles. The molecule has 0 amide bonds. The van der Waals surface area contributed by atoms with Gasteiger partial charge in [-0.05, 0) is 24.7 Å². The lowest BCUT2D eigenvalue weighted by Gasteiger charge is -2.40. The SMILES string of the molecule is CO[C@@H]1C[C@@H](C(C)(C)C)O[C@@H](c2onc(C(=O)O)c2C)C1.CO[C@@H]1C[C@@H](c2onc(C(=O)O)c2C)O[C@@H](C(C)(C)C)C1. The molecule has 2 aromatic rings. The second kappa shape index (κ2) is 13.2. The Morgan fingerprint density at radius 3 is 1.26 bits per heavy atom. The first-order valence-corrected chi connectivity index (χ1v) is 14.2. The van der Waals surface area contributed by atoms with Crippen LogP contribution in [0.2, 0.25) is 0 Å². The van der Waals surface area contributed by atoms with Gasteiger partial charge in [0, 0.05) is 51.0 Å². The number of carboxylic acid groups (broad SMARTS) is 2. The Labute approximate surface area is 247 Å². The third kappa shape index (κ3) is 7.77. The van der Waals surface area contributed by atoms with Crippen molar-refractivity contribution in [2.45, 2.75) is 118 Å². The summed E-state index contributed by atoms with van der Waals surface area (Å²) in [6.07, 6.45) is 2.40. The van der Waals surface area contributed by atoms with E-state index in [2.05, 4.69) is 51.9 Å². The first-order valence-electron chi connectivity index (χ1n) is 14.2. The van der Waals surface area contributed by atoms with E-state index in [-0.39, 0.29) is 58.8 Å². The van der Waals surface area contributed by atoms with E-state index in [1.165, 1.54) is 0 Å². The van der Waals surface area contributed by atoms with Gasteiger partial charge in [0.2, 0.25) is 0 Å². The van der Waals surface area contributed by atoms with Crippen molar-refractivity contribution in [3.8, 4) is 0 Å². The average Bonchev–Trinajstić information content (AvgIpc) is 3.50. The van der Waals surface area contributed by atoms with Crippen LogP contribution in [-0.2, 0) is 18.9 Å². The molecule has 2 fully saturated rings. The molecule has 236 valence electrons. The van der Waals surface area contributed by atoms with Gasteiger partial charge in [-0.2, -0.15) is 0 Å². The van der Waals surface area contributed by atoms with E-state index in [9.17, 15) is 9.59 Å². The summed E-state index contributed by atoms with van der Waals surface area (Å²) in [5, 5.41) is 25.4. The van der Waals surface area contributed by atoms with Crippen LogP contribution in [0, 0.1) is 24.7 Å². The summed E-state index contributed by atoms with van der Waals surface area (Å²) in [4.78, 5) is 22.1. The van der Waals surface area contributed by atoms with Gasteiger partial charge in [-0.15, -0.1) is 0 Å². The summed E-state index contributed by atoms with van der Waals surface area (Å²) in [5.74, 6) is -1.20. The topological polar surface area (TPSA) is 164 Å². The molecule has 2 N–H and O–H groups in total. The number of hydrogen-bond acceptors (Lipinski definition) is 10. The summed E-state index contributed by atoms with van der Waals surface area (Å²) in [7, 11) is 3.37. The Balaban J connectivity index is 0.000000230. The van der Waals surface area contributed by atoms with Gasteiger partial charge in [-0.25, -0.2) is 9.59 Å².